The van der Waals surface area contributed by atoms with E-state index in [4.69, 9.17) is 0 Å². The quantitative estimate of drug-likeness (QED) is 0.788. The number of aromatic nitrogens is 2. The van der Waals surface area contributed by atoms with Crippen molar-refractivity contribution in [3.63, 3.8) is 0 Å². The smallest absolute Gasteiger partial charge is 0.231 e. The normalized spacial score (nSPS) is 12.5. The van der Waals surface area contributed by atoms with Crippen LogP contribution in [0, 0.1) is 0 Å². The summed E-state index contributed by atoms with van der Waals surface area (Å²) in [6.07, 6.45) is 4.25. The second-order valence-corrected chi connectivity index (χ2v) is 3.20. The van der Waals surface area contributed by atoms with Crippen LogP contribution in [0.5, 0.6) is 0 Å². The minimum Gasteiger partial charge on any atom is -0.347 e. The van der Waals surface area contributed by atoms with Gasteiger partial charge < -0.3 is 10.3 Å². The van der Waals surface area contributed by atoms with Gasteiger partial charge in [0.15, 0.2) is 0 Å². The van der Waals surface area contributed by atoms with Crippen LogP contribution in [0.25, 0.3) is 0 Å². The number of carbonyl (C=O) groups excluding carboxylic acids is 1. The van der Waals surface area contributed by atoms with E-state index in [0.29, 0.717) is 5.33 Å². The first-order valence-electron chi connectivity index (χ1n) is 4.12. The third kappa shape index (κ3) is 2.84. The number of nitrogens with zero attached hydrogens (tertiary/aromatic N) is 1. The molecule has 1 rings (SSSR count). The van der Waals surface area contributed by atoms with Gasteiger partial charge in [0, 0.05) is 12.4 Å². The number of amides is 1. The Bertz CT molecular complexity index is 260. The Morgan fingerprint density at radius 2 is 2.62 bits per heavy atom. The molecular weight excluding hydrogens is 234 g/mol. The van der Waals surface area contributed by atoms with Gasteiger partial charge in [0.05, 0.1) is 11.4 Å². The first-order chi connectivity index (χ1) is 6.27. The minimum absolute atomic E-state index is 0.0138. The van der Waals surface area contributed by atoms with Gasteiger partial charge in [0.1, 0.15) is 5.82 Å². The molecule has 0 aliphatic rings. The van der Waals surface area contributed by atoms with E-state index in [2.05, 4.69) is 31.2 Å². The second kappa shape index (κ2) is 5.01. The van der Waals surface area contributed by atoms with Crippen molar-refractivity contribution >= 4 is 21.8 Å². The Balaban J connectivity index is 2.58. The summed E-state index contributed by atoms with van der Waals surface area (Å²) in [4.78, 5) is 18.1. The lowest BCUT2D eigenvalue weighted by molar-refractivity contribution is -0.119. The molecule has 2 N–H and O–H groups in total. The highest BCUT2D eigenvalue weighted by molar-refractivity contribution is 9.09. The SMILES string of the molecule is CCC(NC(=O)CBr)c1ncc[nH]1. The Morgan fingerprint density at radius 1 is 1.85 bits per heavy atom. The third-order valence-electron chi connectivity index (χ3n) is 1.71. The summed E-state index contributed by atoms with van der Waals surface area (Å²) in [5.41, 5.74) is 0. The monoisotopic (exact) mass is 245 g/mol. The van der Waals surface area contributed by atoms with Crippen LogP contribution in [0.15, 0.2) is 12.4 Å². The number of H-pyrrole nitrogens is 1. The number of aromatic amines is 1. The fourth-order valence-corrected chi connectivity index (χ4v) is 1.23. The minimum atomic E-state index is -0.0248. The van der Waals surface area contributed by atoms with Gasteiger partial charge in [0.2, 0.25) is 5.91 Å². The molecule has 0 saturated carbocycles. The fraction of sp³-hybridized carbons (Fsp3) is 0.500. The fourth-order valence-electron chi connectivity index (χ4n) is 1.06. The second-order valence-electron chi connectivity index (χ2n) is 2.64. The third-order valence-corrected chi connectivity index (χ3v) is 2.22. The average Bonchev–Trinajstić information content (AvgIpc) is 2.66. The lowest BCUT2D eigenvalue weighted by Crippen LogP contribution is -2.29. The highest BCUT2D eigenvalue weighted by Gasteiger charge is 2.13. The predicted octanol–water partition coefficient (Wildman–Crippen LogP) is 1.37. The van der Waals surface area contributed by atoms with E-state index in [0.717, 1.165) is 12.2 Å². The van der Waals surface area contributed by atoms with Crippen molar-refractivity contribution in [2.45, 2.75) is 19.4 Å². The van der Waals surface area contributed by atoms with Gasteiger partial charge in [0.25, 0.3) is 0 Å². The molecule has 1 heterocycles. The molecule has 0 aliphatic heterocycles. The van der Waals surface area contributed by atoms with Crippen LogP contribution in [0.4, 0.5) is 0 Å². The summed E-state index contributed by atoms with van der Waals surface area (Å²) in [6.45, 7) is 2.00. The highest BCUT2D eigenvalue weighted by Crippen LogP contribution is 2.10. The number of imidazole rings is 1. The van der Waals surface area contributed by atoms with Gasteiger partial charge in [-0.1, -0.05) is 22.9 Å². The van der Waals surface area contributed by atoms with Gasteiger partial charge >= 0.3 is 0 Å². The summed E-state index contributed by atoms with van der Waals surface area (Å²) < 4.78 is 0. The molecule has 0 spiro atoms. The van der Waals surface area contributed by atoms with Crippen LogP contribution in [0.1, 0.15) is 25.2 Å². The lowest BCUT2D eigenvalue weighted by Gasteiger charge is -2.13. The number of halogens is 1. The van der Waals surface area contributed by atoms with Crippen molar-refractivity contribution in [1.29, 1.82) is 0 Å². The molecule has 1 aromatic heterocycles. The van der Waals surface area contributed by atoms with E-state index >= 15 is 0 Å². The van der Waals surface area contributed by atoms with Gasteiger partial charge in [-0.3, -0.25) is 4.79 Å². The molecule has 1 aromatic rings. The van der Waals surface area contributed by atoms with Gasteiger partial charge in [-0.25, -0.2) is 4.98 Å². The molecule has 13 heavy (non-hydrogen) atoms. The summed E-state index contributed by atoms with van der Waals surface area (Å²) in [6, 6.07) is -0.0138. The number of hydrogen-bond donors (Lipinski definition) is 2. The zero-order chi connectivity index (χ0) is 9.68. The van der Waals surface area contributed by atoms with Gasteiger partial charge in [-0.2, -0.15) is 0 Å². The first kappa shape index (κ1) is 10.2. The van der Waals surface area contributed by atoms with E-state index in [1.54, 1.807) is 12.4 Å². The number of nitrogens with one attached hydrogen (secondary N) is 2. The number of alkyl halides is 1. The molecule has 1 unspecified atom stereocenters. The topological polar surface area (TPSA) is 57.8 Å². The average molecular weight is 246 g/mol. The van der Waals surface area contributed by atoms with Crippen molar-refractivity contribution < 1.29 is 4.79 Å². The molecule has 1 amide bonds. The Hall–Kier alpha value is -0.840. The summed E-state index contributed by atoms with van der Waals surface area (Å²) in [5, 5.41) is 3.16. The van der Waals surface area contributed by atoms with Crippen LogP contribution in [-0.4, -0.2) is 21.2 Å². The van der Waals surface area contributed by atoms with Crippen LogP contribution >= 0.6 is 15.9 Å². The lowest BCUT2D eigenvalue weighted by atomic mass is 10.2. The van der Waals surface area contributed by atoms with Crippen molar-refractivity contribution in [3.05, 3.63) is 18.2 Å². The van der Waals surface area contributed by atoms with Crippen molar-refractivity contribution in [2.24, 2.45) is 0 Å². The molecular formula is C8H12BrN3O. The Labute approximate surface area is 85.3 Å². The van der Waals surface area contributed by atoms with E-state index in [9.17, 15) is 4.79 Å². The zero-order valence-corrected chi connectivity index (χ0v) is 8.97. The van der Waals surface area contributed by atoms with E-state index in [-0.39, 0.29) is 11.9 Å². The highest BCUT2D eigenvalue weighted by atomic mass is 79.9. The summed E-state index contributed by atoms with van der Waals surface area (Å²) in [5.74, 6) is 0.778. The first-order valence-corrected chi connectivity index (χ1v) is 5.24. The zero-order valence-electron chi connectivity index (χ0n) is 7.38. The Kier molecular flexibility index (Phi) is 3.95. The van der Waals surface area contributed by atoms with Gasteiger partial charge in [-0.05, 0) is 6.42 Å². The van der Waals surface area contributed by atoms with Crippen molar-refractivity contribution in [2.75, 3.05) is 5.33 Å². The number of rotatable bonds is 4. The predicted molar refractivity (Wildman–Crippen MR) is 53.6 cm³/mol. The maximum Gasteiger partial charge on any atom is 0.231 e. The molecule has 0 fully saturated rings. The molecule has 1 atom stereocenters. The molecule has 0 aliphatic carbocycles. The molecule has 4 nitrogen and oxygen atoms in total. The van der Waals surface area contributed by atoms with Crippen molar-refractivity contribution in [1.82, 2.24) is 15.3 Å². The van der Waals surface area contributed by atoms with E-state index in [1.807, 2.05) is 6.92 Å². The van der Waals surface area contributed by atoms with Crippen LogP contribution < -0.4 is 5.32 Å². The van der Waals surface area contributed by atoms with Crippen LogP contribution in [0.2, 0.25) is 0 Å². The maximum absolute atomic E-state index is 11.1. The molecule has 0 saturated heterocycles. The van der Waals surface area contributed by atoms with Crippen LogP contribution in [-0.2, 0) is 4.79 Å². The standard InChI is InChI=1S/C8H12BrN3O/c1-2-6(12-7(13)5-9)8-10-3-4-11-8/h3-4,6H,2,5H2,1H3,(H,10,11)(H,12,13). The Morgan fingerprint density at radius 3 is 3.08 bits per heavy atom. The maximum atomic E-state index is 11.1. The van der Waals surface area contributed by atoms with Gasteiger partial charge in [-0.15, -0.1) is 0 Å². The molecule has 72 valence electrons. The van der Waals surface area contributed by atoms with E-state index in [1.165, 1.54) is 0 Å². The molecule has 0 aromatic carbocycles. The van der Waals surface area contributed by atoms with Crippen LogP contribution in [0.3, 0.4) is 0 Å². The molecule has 0 radical (unpaired) electrons. The number of hydrogen-bond acceptors (Lipinski definition) is 2. The largest absolute Gasteiger partial charge is 0.347 e. The summed E-state index contributed by atoms with van der Waals surface area (Å²) in [7, 11) is 0. The molecule has 0 bridgehead atoms. The molecule has 5 heteroatoms. The number of carbonyl (C=O) groups is 1. The van der Waals surface area contributed by atoms with Crippen molar-refractivity contribution in [3.8, 4) is 0 Å². The van der Waals surface area contributed by atoms with E-state index < -0.39 is 0 Å². The summed E-state index contributed by atoms with van der Waals surface area (Å²) >= 11 is 3.09.